The van der Waals surface area contributed by atoms with Crippen molar-refractivity contribution in [1.29, 1.82) is 0 Å². The van der Waals surface area contributed by atoms with Crippen LogP contribution in [0.1, 0.15) is 11.1 Å². The molecule has 106 valence electrons. The monoisotopic (exact) mass is 310 g/mol. The Hall–Kier alpha value is -1.72. The minimum Gasteiger partial charge on any atom is -0.399 e. The van der Waals surface area contributed by atoms with Crippen LogP contribution in [-0.4, -0.2) is 8.42 Å². The summed E-state index contributed by atoms with van der Waals surface area (Å²) in [5.74, 6) is 0. The van der Waals surface area contributed by atoms with E-state index in [1.54, 1.807) is 31.2 Å². The molecule has 0 aliphatic rings. The molecule has 0 bridgehead atoms. The molecule has 0 unspecified atom stereocenters. The molecule has 6 heteroatoms. The van der Waals surface area contributed by atoms with Gasteiger partial charge in [0.15, 0.2) is 0 Å². The molecule has 0 aliphatic heterocycles. The molecule has 0 aromatic heterocycles. The van der Waals surface area contributed by atoms with Gasteiger partial charge < -0.3 is 5.73 Å². The van der Waals surface area contributed by atoms with Crippen molar-refractivity contribution in [2.75, 3.05) is 10.5 Å². The molecule has 0 heterocycles. The Kier molecular flexibility index (Phi) is 3.92. The van der Waals surface area contributed by atoms with E-state index in [1.165, 1.54) is 6.07 Å². The molecular weight excluding hydrogens is 296 g/mol. The third kappa shape index (κ3) is 3.05. The second-order valence-electron chi connectivity index (χ2n) is 4.61. The van der Waals surface area contributed by atoms with Crippen LogP contribution in [0.25, 0.3) is 0 Å². The van der Waals surface area contributed by atoms with Gasteiger partial charge in [-0.15, -0.1) is 0 Å². The van der Waals surface area contributed by atoms with Gasteiger partial charge in [0.25, 0.3) is 10.0 Å². The Morgan fingerprint density at radius 1 is 1.10 bits per heavy atom. The van der Waals surface area contributed by atoms with E-state index in [-0.39, 0.29) is 4.90 Å². The number of benzene rings is 2. The predicted molar refractivity (Wildman–Crippen MR) is 82.6 cm³/mol. The van der Waals surface area contributed by atoms with Crippen molar-refractivity contribution in [3.8, 4) is 0 Å². The van der Waals surface area contributed by atoms with E-state index in [9.17, 15) is 8.42 Å². The first kappa shape index (κ1) is 14.7. The zero-order chi connectivity index (χ0) is 14.9. The molecule has 0 aliphatic carbocycles. The van der Waals surface area contributed by atoms with Crippen molar-refractivity contribution in [2.45, 2.75) is 18.7 Å². The summed E-state index contributed by atoms with van der Waals surface area (Å²) in [5.41, 5.74) is 7.94. The quantitative estimate of drug-likeness (QED) is 0.854. The molecule has 0 atom stereocenters. The van der Waals surface area contributed by atoms with Gasteiger partial charge in [0.05, 0.1) is 15.6 Å². The number of aryl methyl sites for hydroxylation is 2. The SMILES string of the molecule is Cc1ccc(Cl)c(NS(=O)(=O)c2cc(N)ccc2C)c1. The number of hydrogen-bond donors (Lipinski definition) is 2. The lowest BCUT2D eigenvalue weighted by Gasteiger charge is -2.12. The van der Waals surface area contributed by atoms with Crippen molar-refractivity contribution in [3.05, 3.63) is 52.5 Å². The molecule has 0 amide bonds. The third-order valence-corrected chi connectivity index (χ3v) is 4.70. The van der Waals surface area contributed by atoms with Gasteiger partial charge in [0, 0.05) is 5.69 Å². The summed E-state index contributed by atoms with van der Waals surface area (Å²) in [6.45, 7) is 3.58. The fourth-order valence-corrected chi connectivity index (χ4v) is 3.40. The number of anilines is 2. The third-order valence-electron chi connectivity index (χ3n) is 2.87. The Morgan fingerprint density at radius 3 is 2.50 bits per heavy atom. The Labute approximate surface area is 123 Å². The Balaban J connectivity index is 2.46. The van der Waals surface area contributed by atoms with Crippen molar-refractivity contribution >= 4 is 33.0 Å². The highest BCUT2D eigenvalue weighted by Gasteiger charge is 2.18. The molecule has 4 nitrogen and oxygen atoms in total. The maximum Gasteiger partial charge on any atom is 0.262 e. The van der Waals surface area contributed by atoms with Crippen LogP contribution in [0.15, 0.2) is 41.3 Å². The van der Waals surface area contributed by atoms with Crippen LogP contribution in [0, 0.1) is 13.8 Å². The van der Waals surface area contributed by atoms with Crippen LogP contribution in [0.4, 0.5) is 11.4 Å². The van der Waals surface area contributed by atoms with Gasteiger partial charge in [-0.05, 0) is 49.2 Å². The lowest BCUT2D eigenvalue weighted by atomic mass is 10.2. The minimum atomic E-state index is -3.72. The van der Waals surface area contributed by atoms with Gasteiger partial charge in [-0.25, -0.2) is 8.42 Å². The molecule has 20 heavy (non-hydrogen) atoms. The van der Waals surface area contributed by atoms with Crippen molar-refractivity contribution in [3.63, 3.8) is 0 Å². The number of nitrogens with two attached hydrogens (primary N) is 1. The second kappa shape index (κ2) is 5.34. The molecule has 0 fully saturated rings. The second-order valence-corrected chi connectivity index (χ2v) is 6.67. The standard InChI is InChI=1S/C14H15ClN2O2S/c1-9-3-6-12(15)13(7-9)17-20(18,19)14-8-11(16)5-4-10(14)2/h3-8,17H,16H2,1-2H3. The van der Waals surface area contributed by atoms with Crippen LogP contribution < -0.4 is 10.5 Å². The molecule has 2 rings (SSSR count). The van der Waals surface area contributed by atoms with Crippen molar-refractivity contribution in [1.82, 2.24) is 0 Å². The van der Waals surface area contributed by atoms with Crippen LogP contribution in [0.3, 0.4) is 0 Å². The zero-order valence-corrected chi connectivity index (χ0v) is 12.7. The normalized spacial score (nSPS) is 11.3. The number of sulfonamides is 1. The Bertz CT molecular complexity index is 758. The van der Waals surface area contributed by atoms with Gasteiger partial charge in [-0.2, -0.15) is 0 Å². The highest BCUT2D eigenvalue weighted by atomic mass is 35.5. The lowest BCUT2D eigenvalue weighted by molar-refractivity contribution is 0.600. The van der Waals surface area contributed by atoms with Gasteiger partial charge in [-0.3, -0.25) is 4.72 Å². The highest BCUT2D eigenvalue weighted by molar-refractivity contribution is 7.92. The predicted octanol–water partition coefficient (Wildman–Crippen LogP) is 3.34. The largest absolute Gasteiger partial charge is 0.399 e. The smallest absolute Gasteiger partial charge is 0.262 e. The van der Waals surface area contributed by atoms with Gasteiger partial charge in [-0.1, -0.05) is 23.7 Å². The summed E-state index contributed by atoms with van der Waals surface area (Å²) in [6.07, 6.45) is 0. The molecule has 3 N–H and O–H groups in total. The molecule has 2 aromatic carbocycles. The van der Waals surface area contributed by atoms with Gasteiger partial charge in [0.2, 0.25) is 0 Å². The number of hydrogen-bond acceptors (Lipinski definition) is 3. The maximum atomic E-state index is 12.4. The maximum absolute atomic E-state index is 12.4. The van der Waals surface area contributed by atoms with Crippen molar-refractivity contribution in [2.24, 2.45) is 0 Å². The summed E-state index contributed by atoms with van der Waals surface area (Å²) < 4.78 is 27.3. The summed E-state index contributed by atoms with van der Waals surface area (Å²) in [4.78, 5) is 0.148. The lowest BCUT2D eigenvalue weighted by Crippen LogP contribution is -2.15. The average Bonchev–Trinajstić information content (AvgIpc) is 2.36. The molecular formula is C14H15ClN2O2S. The van der Waals surface area contributed by atoms with Crippen LogP contribution in [-0.2, 0) is 10.0 Å². The van der Waals surface area contributed by atoms with E-state index >= 15 is 0 Å². The van der Waals surface area contributed by atoms with E-state index in [2.05, 4.69) is 4.72 Å². The summed E-state index contributed by atoms with van der Waals surface area (Å²) in [5, 5.41) is 0.348. The molecule has 2 aromatic rings. The van der Waals surface area contributed by atoms with Crippen molar-refractivity contribution < 1.29 is 8.42 Å². The van der Waals surface area contributed by atoms with E-state index in [0.717, 1.165) is 5.56 Å². The number of halogens is 1. The minimum absolute atomic E-state index is 0.148. The topological polar surface area (TPSA) is 72.2 Å². The van der Waals surface area contributed by atoms with Crippen LogP contribution in [0.2, 0.25) is 5.02 Å². The van der Waals surface area contributed by atoms with Gasteiger partial charge in [0.1, 0.15) is 0 Å². The number of nitrogen functional groups attached to an aromatic ring is 1. The fourth-order valence-electron chi connectivity index (χ4n) is 1.82. The number of nitrogens with one attached hydrogen (secondary N) is 1. The van der Waals surface area contributed by atoms with E-state index in [4.69, 9.17) is 17.3 Å². The Morgan fingerprint density at radius 2 is 1.80 bits per heavy atom. The fraction of sp³-hybridized carbons (Fsp3) is 0.143. The van der Waals surface area contributed by atoms with E-state index < -0.39 is 10.0 Å². The molecule has 0 radical (unpaired) electrons. The number of rotatable bonds is 3. The first-order chi connectivity index (χ1) is 9.29. The first-order valence-corrected chi connectivity index (χ1v) is 7.81. The van der Waals surface area contributed by atoms with Crippen LogP contribution >= 0.6 is 11.6 Å². The average molecular weight is 311 g/mol. The summed E-state index contributed by atoms with van der Waals surface area (Å²) in [6, 6.07) is 9.91. The first-order valence-electron chi connectivity index (χ1n) is 5.95. The van der Waals surface area contributed by atoms with Gasteiger partial charge >= 0.3 is 0 Å². The highest BCUT2D eigenvalue weighted by Crippen LogP contribution is 2.27. The summed E-state index contributed by atoms with van der Waals surface area (Å²) >= 11 is 6.01. The van der Waals surface area contributed by atoms with E-state index in [0.29, 0.717) is 22.0 Å². The van der Waals surface area contributed by atoms with Crippen LogP contribution in [0.5, 0.6) is 0 Å². The molecule has 0 saturated heterocycles. The summed E-state index contributed by atoms with van der Waals surface area (Å²) in [7, 11) is -3.72. The molecule has 0 spiro atoms. The zero-order valence-electron chi connectivity index (χ0n) is 11.1. The molecule has 0 saturated carbocycles. The van der Waals surface area contributed by atoms with E-state index in [1.807, 2.05) is 13.0 Å².